The van der Waals surface area contributed by atoms with Crippen molar-refractivity contribution in [2.75, 3.05) is 24.2 Å². The first-order valence-electron chi connectivity index (χ1n) is 5.06. The number of nitrogens with two attached hydrogens (primary N) is 1. The van der Waals surface area contributed by atoms with Crippen molar-refractivity contribution in [1.29, 1.82) is 0 Å². The van der Waals surface area contributed by atoms with Crippen molar-refractivity contribution < 1.29 is 18.4 Å². The van der Waals surface area contributed by atoms with Crippen LogP contribution in [-0.2, 0) is 14.8 Å². The molecule has 8 heteroatoms. The highest BCUT2D eigenvalue weighted by Crippen LogP contribution is 2.16. The molecule has 0 aliphatic heterocycles. The van der Waals surface area contributed by atoms with E-state index in [2.05, 4.69) is 9.88 Å². The third kappa shape index (κ3) is 3.90. The monoisotopic (exact) mass is 273 g/mol. The van der Waals surface area contributed by atoms with E-state index in [0.29, 0.717) is 5.56 Å². The van der Waals surface area contributed by atoms with Gasteiger partial charge in [0.2, 0.25) is 10.0 Å². The maximum atomic E-state index is 11.7. The van der Waals surface area contributed by atoms with Crippen LogP contribution in [0, 0.1) is 0 Å². The number of anilines is 1. The molecule has 18 heavy (non-hydrogen) atoms. The highest BCUT2D eigenvalue weighted by molar-refractivity contribution is 7.92. The minimum absolute atomic E-state index is 0.0844. The number of hydrogen-bond donors (Lipinski definition) is 3. The molecule has 0 amide bonds. The number of nitrogens with zero attached hydrogens (tertiary/aromatic N) is 1. The number of methoxy groups -OCH3 is 1. The molecule has 0 bridgehead atoms. The predicted octanol–water partition coefficient (Wildman–Crippen LogP) is 0.169. The first kappa shape index (κ1) is 14.3. The molecule has 0 atom stereocenters. The molecule has 0 radical (unpaired) electrons. The summed E-state index contributed by atoms with van der Waals surface area (Å²) in [7, 11) is -2.11. The molecule has 1 rings (SSSR count). The fourth-order valence-electron chi connectivity index (χ4n) is 1.26. The van der Waals surface area contributed by atoms with Crippen molar-refractivity contribution >= 4 is 21.5 Å². The molecule has 0 saturated carbocycles. The fourth-order valence-corrected chi connectivity index (χ4v) is 2.26. The van der Waals surface area contributed by atoms with Gasteiger partial charge in [-0.3, -0.25) is 4.72 Å². The van der Waals surface area contributed by atoms with Crippen LogP contribution in [0.15, 0.2) is 29.4 Å². The quantitative estimate of drug-likeness (QED) is 0.296. The third-order valence-electron chi connectivity index (χ3n) is 2.13. The minimum atomic E-state index is -3.53. The van der Waals surface area contributed by atoms with Gasteiger partial charge >= 0.3 is 0 Å². The van der Waals surface area contributed by atoms with Crippen LogP contribution in [-0.4, -0.2) is 38.9 Å². The van der Waals surface area contributed by atoms with Crippen molar-refractivity contribution in [1.82, 2.24) is 0 Å². The predicted molar refractivity (Wildman–Crippen MR) is 68.2 cm³/mol. The number of benzene rings is 1. The van der Waals surface area contributed by atoms with Gasteiger partial charge < -0.3 is 15.7 Å². The summed E-state index contributed by atoms with van der Waals surface area (Å²) < 4.78 is 30.4. The second kappa shape index (κ2) is 6.22. The topological polar surface area (TPSA) is 114 Å². The van der Waals surface area contributed by atoms with Crippen LogP contribution in [0.1, 0.15) is 5.56 Å². The first-order valence-corrected chi connectivity index (χ1v) is 6.71. The van der Waals surface area contributed by atoms with Crippen LogP contribution in [0.2, 0.25) is 0 Å². The molecule has 0 unspecified atom stereocenters. The van der Waals surface area contributed by atoms with Crippen molar-refractivity contribution in [3.63, 3.8) is 0 Å². The highest BCUT2D eigenvalue weighted by Gasteiger charge is 2.14. The second-order valence-electron chi connectivity index (χ2n) is 3.44. The molecule has 0 fully saturated rings. The van der Waals surface area contributed by atoms with E-state index in [1.807, 2.05) is 0 Å². The molecule has 7 nitrogen and oxygen atoms in total. The van der Waals surface area contributed by atoms with E-state index in [0.717, 1.165) is 0 Å². The zero-order chi connectivity index (χ0) is 13.6. The lowest BCUT2D eigenvalue weighted by atomic mass is 10.2. The minimum Gasteiger partial charge on any atom is -0.409 e. The Bertz CT molecular complexity index is 528. The Kier molecular flexibility index (Phi) is 4.93. The Hall–Kier alpha value is -1.80. The van der Waals surface area contributed by atoms with Gasteiger partial charge in [0, 0.05) is 12.7 Å². The number of rotatable bonds is 6. The van der Waals surface area contributed by atoms with Gasteiger partial charge in [-0.05, 0) is 12.1 Å². The van der Waals surface area contributed by atoms with Gasteiger partial charge in [0.15, 0.2) is 5.84 Å². The van der Waals surface area contributed by atoms with E-state index in [1.165, 1.54) is 13.2 Å². The van der Waals surface area contributed by atoms with E-state index in [-0.39, 0.29) is 23.9 Å². The normalized spacial score (nSPS) is 12.4. The second-order valence-corrected chi connectivity index (χ2v) is 5.29. The van der Waals surface area contributed by atoms with Gasteiger partial charge in [0.25, 0.3) is 0 Å². The lowest BCUT2D eigenvalue weighted by Gasteiger charge is -2.11. The number of amidine groups is 1. The molecule has 1 aromatic rings. The third-order valence-corrected chi connectivity index (χ3v) is 3.37. The summed E-state index contributed by atoms with van der Waals surface area (Å²) in [5.41, 5.74) is 6.01. The van der Waals surface area contributed by atoms with Crippen molar-refractivity contribution in [3.05, 3.63) is 29.8 Å². The van der Waals surface area contributed by atoms with E-state index in [9.17, 15) is 8.42 Å². The maximum Gasteiger partial charge on any atom is 0.235 e. The van der Waals surface area contributed by atoms with Crippen LogP contribution in [0.25, 0.3) is 0 Å². The van der Waals surface area contributed by atoms with Gasteiger partial charge in [0.05, 0.1) is 18.0 Å². The number of ether oxygens (including phenoxy) is 1. The molecule has 0 heterocycles. The highest BCUT2D eigenvalue weighted by atomic mass is 32.2. The zero-order valence-electron chi connectivity index (χ0n) is 9.83. The molecule has 0 saturated heterocycles. The fraction of sp³-hybridized carbons (Fsp3) is 0.300. The van der Waals surface area contributed by atoms with Crippen LogP contribution < -0.4 is 10.5 Å². The molecule has 0 aliphatic carbocycles. The molecule has 100 valence electrons. The number of oxime groups is 1. The number of sulfonamides is 1. The summed E-state index contributed by atoms with van der Waals surface area (Å²) >= 11 is 0. The average Bonchev–Trinajstić information content (AvgIpc) is 2.36. The molecule has 0 spiro atoms. The summed E-state index contributed by atoms with van der Waals surface area (Å²) in [6.07, 6.45) is 0. The first-order chi connectivity index (χ1) is 8.50. The summed E-state index contributed by atoms with van der Waals surface area (Å²) in [5, 5.41) is 11.5. The van der Waals surface area contributed by atoms with Crippen LogP contribution in [0.4, 0.5) is 5.69 Å². The number of para-hydroxylation sites is 1. The SMILES string of the molecule is COCCS(=O)(=O)Nc1ccccc1/C(N)=N/O. The summed E-state index contributed by atoms with van der Waals surface area (Å²) in [6, 6.07) is 6.36. The number of hydrogen-bond acceptors (Lipinski definition) is 5. The number of nitrogens with one attached hydrogen (secondary N) is 1. The van der Waals surface area contributed by atoms with Gasteiger partial charge in [-0.15, -0.1) is 0 Å². The van der Waals surface area contributed by atoms with Gasteiger partial charge in [0.1, 0.15) is 0 Å². The van der Waals surface area contributed by atoms with E-state index < -0.39 is 10.0 Å². The van der Waals surface area contributed by atoms with E-state index in [4.69, 9.17) is 15.7 Å². The Morgan fingerprint density at radius 1 is 1.50 bits per heavy atom. The van der Waals surface area contributed by atoms with Gasteiger partial charge in [-0.25, -0.2) is 8.42 Å². The molecule has 1 aromatic carbocycles. The standard InChI is InChI=1S/C10H15N3O4S/c1-17-6-7-18(15,16)13-9-5-3-2-4-8(9)10(11)12-14/h2-5,13-14H,6-7H2,1H3,(H2,11,12). The molecular formula is C10H15N3O4S. The summed E-state index contributed by atoms with van der Waals surface area (Å²) in [6.45, 7) is 0.0844. The Labute approximate surface area is 105 Å². The van der Waals surface area contributed by atoms with Crippen molar-refractivity contribution in [2.24, 2.45) is 10.9 Å². The molecular weight excluding hydrogens is 258 g/mol. The van der Waals surface area contributed by atoms with E-state index >= 15 is 0 Å². The van der Waals surface area contributed by atoms with Crippen LogP contribution in [0.3, 0.4) is 0 Å². The lowest BCUT2D eigenvalue weighted by molar-refractivity contribution is 0.217. The van der Waals surface area contributed by atoms with Crippen molar-refractivity contribution in [3.8, 4) is 0 Å². The van der Waals surface area contributed by atoms with Crippen LogP contribution >= 0.6 is 0 Å². The average molecular weight is 273 g/mol. The zero-order valence-corrected chi connectivity index (χ0v) is 10.6. The van der Waals surface area contributed by atoms with Crippen molar-refractivity contribution in [2.45, 2.75) is 0 Å². The van der Waals surface area contributed by atoms with Gasteiger partial charge in [-0.1, -0.05) is 17.3 Å². The maximum absolute atomic E-state index is 11.7. The molecule has 0 aromatic heterocycles. The Morgan fingerprint density at radius 3 is 2.78 bits per heavy atom. The van der Waals surface area contributed by atoms with Gasteiger partial charge in [-0.2, -0.15) is 0 Å². The molecule has 4 N–H and O–H groups in total. The lowest BCUT2D eigenvalue weighted by Crippen LogP contribution is -2.22. The molecule has 0 aliphatic rings. The largest absolute Gasteiger partial charge is 0.409 e. The van der Waals surface area contributed by atoms with E-state index in [1.54, 1.807) is 18.2 Å². The Morgan fingerprint density at radius 2 is 2.17 bits per heavy atom. The van der Waals surface area contributed by atoms with Crippen LogP contribution in [0.5, 0.6) is 0 Å². The smallest absolute Gasteiger partial charge is 0.235 e. The Balaban J connectivity index is 2.98. The summed E-state index contributed by atoms with van der Waals surface area (Å²) in [5.74, 6) is -0.339. The summed E-state index contributed by atoms with van der Waals surface area (Å²) in [4.78, 5) is 0.